The third-order valence-electron chi connectivity index (χ3n) is 1.79. The van der Waals surface area contributed by atoms with E-state index in [4.69, 9.17) is 9.84 Å². The van der Waals surface area contributed by atoms with Crippen molar-refractivity contribution >= 4 is 11.9 Å². The Kier molecular flexibility index (Phi) is 4.46. The van der Waals surface area contributed by atoms with Gasteiger partial charge in [0, 0.05) is 19.9 Å². The maximum atomic E-state index is 11.3. The van der Waals surface area contributed by atoms with Crippen molar-refractivity contribution in [2.75, 3.05) is 20.3 Å². The van der Waals surface area contributed by atoms with Crippen LogP contribution >= 0.6 is 0 Å². The van der Waals surface area contributed by atoms with E-state index in [9.17, 15) is 9.59 Å². The van der Waals surface area contributed by atoms with Gasteiger partial charge < -0.3 is 15.2 Å². The molecule has 0 spiro atoms. The van der Waals surface area contributed by atoms with Crippen LogP contribution in [0.1, 0.15) is 10.5 Å². The fourth-order valence-electron chi connectivity index (χ4n) is 1.06. The molecular weight excluding hydrogens is 214 g/mol. The minimum absolute atomic E-state index is 0.00298. The number of hydrogen-bond donors (Lipinski definition) is 2. The van der Waals surface area contributed by atoms with Gasteiger partial charge in [-0.25, -0.2) is 4.79 Å². The molecule has 0 aliphatic heterocycles. The van der Waals surface area contributed by atoms with Gasteiger partial charge in [-0.1, -0.05) is 0 Å². The van der Waals surface area contributed by atoms with Crippen LogP contribution in [0, 0.1) is 0 Å². The maximum absolute atomic E-state index is 11.3. The van der Waals surface area contributed by atoms with Crippen LogP contribution in [-0.2, 0) is 16.1 Å². The first-order valence-electron chi connectivity index (χ1n) is 4.66. The van der Waals surface area contributed by atoms with Gasteiger partial charge in [-0.2, -0.15) is 5.10 Å². The maximum Gasteiger partial charge on any atom is 0.356 e. The number of rotatable bonds is 6. The minimum atomic E-state index is -1.11. The Morgan fingerprint density at radius 2 is 2.38 bits per heavy atom. The number of nitrogens with zero attached hydrogens (tertiary/aromatic N) is 2. The number of methoxy groups -OCH3 is 1. The lowest BCUT2D eigenvalue weighted by atomic mass is 10.5. The molecule has 1 rings (SSSR count). The molecule has 0 aliphatic carbocycles. The molecule has 1 aromatic rings. The van der Waals surface area contributed by atoms with Crippen molar-refractivity contribution < 1.29 is 19.4 Å². The van der Waals surface area contributed by atoms with Gasteiger partial charge in [0.1, 0.15) is 6.54 Å². The van der Waals surface area contributed by atoms with Gasteiger partial charge in [-0.15, -0.1) is 0 Å². The molecule has 7 nitrogen and oxygen atoms in total. The third-order valence-corrected chi connectivity index (χ3v) is 1.79. The van der Waals surface area contributed by atoms with Gasteiger partial charge in [-0.3, -0.25) is 9.48 Å². The second-order valence-corrected chi connectivity index (χ2v) is 3.05. The molecule has 88 valence electrons. The average Bonchev–Trinajstić information content (AvgIpc) is 2.66. The first-order valence-corrected chi connectivity index (χ1v) is 4.66. The second-order valence-electron chi connectivity index (χ2n) is 3.05. The summed E-state index contributed by atoms with van der Waals surface area (Å²) >= 11 is 0. The zero-order valence-corrected chi connectivity index (χ0v) is 8.84. The van der Waals surface area contributed by atoms with Crippen LogP contribution in [-0.4, -0.2) is 47.0 Å². The summed E-state index contributed by atoms with van der Waals surface area (Å²) in [5.41, 5.74) is -0.0790. The first kappa shape index (κ1) is 12.2. The highest BCUT2D eigenvalue weighted by molar-refractivity contribution is 5.85. The van der Waals surface area contributed by atoms with Gasteiger partial charge in [0.05, 0.1) is 6.61 Å². The normalized spacial score (nSPS) is 10.1. The largest absolute Gasteiger partial charge is 0.476 e. The van der Waals surface area contributed by atoms with Crippen LogP contribution in [0.4, 0.5) is 0 Å². The van der Waals surface area contributed by atoms with Crippen LogP contribution in [0.5, 0.6) is 0 Å². The average molecular weight is 227 g/mol. The van der Waals surface area contributed by atoms with E-state index in [1.165, 1.54) is 16.9 Å². The smallest absolute Gasteiger partial charge is 0.356 e. The van der Waals surface area contributed by atoms with Gasteiger partial charge >= 0.3 is 5.97 Å². The molecule has 0 radical (unpaired) electrons. The van der Waals surface area contributed by atoms with E-state index < -0.39 is 5.97 Å². The van der Waals surface area contributed by atoms with Crippen LogP contribution in [0.2, 0.25) is 0 Å². The predicted molar refractivity (Wildman–Crippen MR) is 54.1 cm³/mol. The summed E-state index contributed by atoms with van der Waals surface area (Å²) in [6, 6.07) is 1.34. The number of carbonyl (C=O) groups excluding carboxylic acids is 1. The quantitative estimate of drug-likeness (QED) is 0.629. The summed E-state index contributed by atoms with van der Waals surface area (Å²) in [4.78, 5) is 21.8. The van der Waals surface area contributed by atoms with E-state index in [1.54, 1.807) is 7.11 Å². The molecule has 0 bridgehead atoms. The molecule has 1 heterocycles. The number of aromatic carboxylic acids is 1. The third kappa shape index (κ3) is 3.70. The number of ether oxygens (including phenoxy) is 1. The predicted octanol–water partition coefficient (Wildman–Crippen LogP) is -0.656. The zero-order valence-electron chi connectivity index (χ0n) is 8.84. The number of nitrogens with one attached hydrogen (secondary N) is 1. The standard InChI is InChI=1S/C9H13N3O4/c1-16-5-3-10-8(13)6-12-4-2-7(11-12)9(14)15/h2,4H,3,5-6H2,1H3,(H,10,13)(H,14,15). The molecule has 16 heavy (non-hydrogen) atoms. The lowest BCUT2D eigenvalue weighted by Crippen LogP contribution is -2.30. The van der Waals surface area contributed by atoms with E-state index in [2.05, 4.69) is 10.4 Å². The fraction of sp³-hybridized carbons (Fsp3) is 0.444. The molecule has 0 saturated heterocycles. The molecule has 1 amide bonds. The van der Waals surface area contributed by atoms with Crippen LogP contribution in [0.25, 0.3) is 0 Å². The van der Waals surface area contributed by atoms with Gasteiger partial charge in [-0.05, 0) is 6.07 Å². The number of aromatic nitrogens is 2. The van der Waals surface area contributed by atoms with Gasteiger partial charge in [0.25, 0.3) is 0 Å². The molecule has 0 fully saturated rings. The number of amides is 1. The highest BCUT2D eigenvalue weighted by Gasteiger charge is 2.08. The zero-order chi connectivity index (χ0) is 12.0. The Hall–Kier alpha value is -1.89. The number of hydrogen-bond acceptors (Lipinski definition) is 4. The lowest BCUT2D eigenvalue weighted by Gasteiger charge is -2.03. The number of carboxylic acids is 1. The summed E-state index contributed by atoms with van der Waals surface area (Å²) in [6.45, 7) is 0.852. The van der Waals surface area contributed by atoms with Crippen molar-refractivity contribution in [2.24, 2.45) is 0 Å². The highest BCUT2D eigenvalue weighted by Crippen LogP contribution is 1.94. The Morgan fingerprint density at radius 1 is 1.62 bits per heavy atom. The minimum Gasteiger partial charge on any atom is -0.476 e. The Balaban J connectivity index is 2.40. The van der Waals surface area contributed by atoms with Crippen molar-refractivity contribution in [3.63, 3.8) is 0 Å². The summed E-state index contributed by atoms with van der Waals surface area (Å²) in [5, 5.41) is 14.9. The summed E-state index contributed by atoms with van der Waals surface area (Å²) < 4.78 is 6.03. The first-order chi connectivity index (χ1) is 7.63. The van der Waals surface area contributed by atoms with E-state index in [-0.39, 0.29) is 18.1 Å². The highest BCUT2D eigenvalue weighted by atomic mass is 16.5. The fourth-order valence-corrected chi connectivity index (χ4v) is 1.06. The van der Waals surface area contributed by atoms with E-state index in [0.717, 1.165) is 0 Å². The van der Waals surface area contributed by atoms with Crippen molar-refractivity contribution in [3.8, 4) is 0 Å². The molecule has 1 aromatic heterocycles. The van der Waals surface area contributed by atoms with E-state index >= 15 is 0 Å². The van der Waals surface area contributed by atoms with Gasteiger partial charge in [0.2, 0.25) is 5.91 Å². The molecule has 0 unspecified atom stereocenters. The Labute approximate surface area is 92.0 Å². The topological polar surface area (TPSA) is 93.5 Å². The monoisotopic (exact) mass is 227 g/mol. The van der Waals surface area contributed by atoms with Crippen molar-refractivity contribution in [1.82, 2.24) is 15.1 Å². The summed E-state index contributed by atoms with van der Waals surface area (Å²) in [7, 11) is 1.54. The van der Waals surface area contributed by atoms with Crippen molar-refractivity contribution in [3.05, 3.63) is 18.0 Å². The van der Waals surface area contributed by atoms with E-state index in [0.29, 0.717) is 13.2 Å². The molecular formula is C9H13N3O4. The van der Waals surface area contributed by atoms with Crippen molar-refractivity contribution in [2.45, 2.75) is 6.54 Å². The van der Waals surface area contributed by atoms with Gasteiger partial charge in [0.15, 0.2) is 5.69 Å². The molecule has 2 N–H and O–H groups in total. The Bertz CT molecular complexity index is 375. The molecule has 0 saturated carbocycles. The van der Waals surface area contributed by atoms with Crippen molar-refractivity contribution in [1.29, 1.82) is 0 Å². The molecule has 7 heteroatoms. The molecule has 0 aliphatic rings. The lowest BCUT2D eigenvalue weighted by molar-refractivity contribution is -0.122. The van der Waals surface area contributed by atoms with Crippen LogP contribution in [0.15, 0.2) is 12.3 Å². The van der Waals surface area contributed by atoms with Crippen LogP contribution < -0.4 is 5.32 Å². The number of carbonyl (C=O) groups is 2. The molecule has 0 aromatic carbocycles. The Morgan fingerprint density at radius 3 is 2.94 bits per heavy atom. The van der Waals surface area contributed by atoms with Crippen LogP contribution in [0.3, 0.4) is 0 Å². The number of carboxylic acid groups (broad SMARTS) is 1. The summed E-state index contributed by atoms with van der Waals surface area (Å²) in [5.74, 6) is -1.35. The summed E-state index contributed by atoms with van der Waals surface area (Å²) in [6.07, 6.45) is 1.44. The second kappa shape index (κ2) is 5.86. The molecule has 0 atom stereocenters. The van der Waals surface area contributed by atoms with E-state index in [1.807, 2.05) is 0 Å². The SMILES string of the molecule is COCCNC(=O)Cn1ccc(C(=O)O)n1.